The van der Waals surface area contributed by atoms with Crippen molar-refractivity contribution in [2.45, 2.75) is 50.5 Å². The zero-order valence-electron chi connectivity index (χ0n) is 12.4. The predicted octanol–water partition coefficient (Wildman–Crippen LogP) is 1.95. The normalized spacial score (nSPS) is 19.6. The Hall–Kier alpha value is -0.870. The average molecular weight is 264 g/mol. The molecule has 1 fully saturated rings. The van der Waals surface area contributed by atoms with Crippen molar-refractivity contribution in [3.63, 3.8) is 0 Å². The number of aromatic nitrogens is 2. The summed E-state index contributed by atoms with van der Waals surface area (Å²) in [7, 11) is 4.22. The monoisotopic (exact) mass is 264 g/mol. The first-order valence-electron chi connectivity index (χ1n) is 7.55. The van der Waals surface area contributed by atoms with Crippen molar-refractivity contribution >= 4 is 0 Å². The van der Waals surface area contributed by atoms with Crippen LogP contribution in [-0.4, -0.2) is 40.4 Å². The molecule has 0 unspecified atom stereocenters. The number of hydrogen-bond donors (Lipinski definition) is 1. The number of likely N-dealkylation sites (N-methyl/N-ethyl adjacent to an activating group) is 1. The Morgan fingerprint density at radius 2 is 2.00 bits per heavy atom. The first-order chi connectivity index (χ1) is 9.16. The van der Waals surface area contributed by atoms with Crippen LogP contribution >= 0.6 is 0 Å². The number of aryl methyl sites for hydroxylation is 1. The summed E-state index contributed by atoms with van der Waals surface area (Å²) in [5.41, 5.74) is 7.67. The lowest BCUT2D eigenvalue weighted by Gasteiger charge is -2.41. The molecule has 19 heavy (non-hydrogen) atoms. The highest BCUT2D eigenvalue weighted by Crippen LogP contribution is 2.31. The van der Waals surface area contributed by atoms with Crippen LogP contribution in [0.2, 0.25) is 0 Å². The summed E-state index contributed by atoms with van der Waals surface area (Å²) in [6, 6.07) is 0. The van der Waals surface area contributed by atoms with E-state index in [-0.39, 0.29) is 5.54 Å². The molecule has 0 radical (unpaired) electrons. The summed E-state index contributed by atoms with van der Waals surface area (Å²) in [5.74, 6) is 0. The van der Waals surface area contributed by atoms with Crippen molar-refractivity contribution in [3.05, 3.63) is 18.0 Å². The lowest BCUT2D eigenvalue weighted by atomic mass is 9.88. The van der Waals surface area contributed by atoms with E-state index in [1.54, 1.807) is 0 Å². The Bertz CT molecular complexity index is 377. The zero-order chi connectivity index (χ0) is 13.7. The fourth-order valence-electron chi connectivity index (χ4n) is 3.26. The molecule has 0 atom stereocenters. The Kier molecular flexibility index (Phi) is 4.99. The maximum absolute atomic E-state index is 6.12. The third kappa shape index (κ3) is 3.57. The molecule has 4 nitrogen and oxygen atoms in total. The summed E-state index contributed by atoms with van der Waals surface area (Å²) in [6.45, 7) is 1.86. The van der Waals surface area contributed by atoms with Crippen molar-refractivity contribution in [2.24, 2.45) is 12.8 Å². The molecule has 1 aromatic heterocycles. The molecular formula is C15H28N4. The van der Waals surface area contributed by atoms with E-state index in [1.807, 2.05) is 17.9 Å². The van der Waals surface area contributed by atoms with Gasteiger partial charge in [-0.3, -0.25) is 9.58 Å². The molecule has 4 heteroatoms. The van der Waals surface area contributed by atoms with Gasteiger partial charge in [0.1, 0.15) is 0 Å². The highest BCUT2D eigenvalue weighted by molar-refractivity contribution is 5.04. The molecule has 1 aliphatic rings. The quantitative estimate of drug-likeness (QED) is 0.827. The van der Waals surface area contributed by atoms with Gasteiger partial charge in [-0.15, -0.1) is 0 Å². The highest BCUT2D eigenvalue weighted by atomic mass is 15.2. The smallest absolute Gasteiger partial charge is 0.0522 e. The van der Waals surface area contributed by atoms with Crippen LogP contribution in [0.25, 0.3) is 0 Å². The van der Waals surface area contributed by atoms with E-state index in [9.17, 15) is 0 Å². The Morgan fingerprint density at radius 1 is 1.32 bits per heavy atom. The molecule has 1 saturated carbocycles. The molecule has 0 saturated heterocycles. The molecule has 0 aliphatic heterocycles. The van der Waals surface area contributed by atoms with Crippen LogP contribution < -0.4 is 5.73 Å². The fourth-order valence-corrected chi connectivity index (χ4v) is 3.26. The van der Waals surface area contributed by atoms with Gasteiger partial charge in [0, 0.05) is 31.9 Å². The fraction of sp³-hybridized carbons (Fsp3) is 0.800. The minimum atomic E-state index is 0.235. The number of nitrogens with two attached hydrogens (primary N) is 1. The Balaban J connectivity index is 1.93. The van der Waals surface area contributed by atoms with Crippen LogP contribution in [0.3, 0.4) is 0 Å². The molecule has 1 heterocycles. The average Bonchev–Trinajstić information content (AvgIpc) is 2.69. The van der Waals surface area contributed by atoms with Gasteiger partial charge in [0.15, 0.2) is 0 Å². The van der Waals surface area contributed by atoms with Gasteiger partial charge in [-0.1, -0.05) is 25.7 Å². The molecule has 0 bridgehead atoms. The molecular weight excluding hydrogens is 236 g/mol. The van der Waals surface area contributed by atoms with Crippen molar-refractivity contribution in [1.29, 1.82) is 0 Å². The van der Waals surface area contributed by atoms with E-state index in [0.29, 0.717) is 0 Å². The van der Waals surface area contributed by atoms with E-state index in [1.165, 1.54) is 44.1 Å². The van der Waals surface area contributed by atoms with E-state index in [2.05, 4.69) is 23.2 Å². The lowest BCUT2D eigenvalue weighted by Crippen LogP contribution is -2.52. The second-order valence-corrected chi connectivity index (χ2v) is 6.04. The largest absolute Gasteiger partial charge is 0.329 e. The van der Waals surface area contributed by atoms with Gasteiger partial charge in [0.05, 0.1) is 6.20 Å². The summed E-state index contributed by atoms with van der Waals surface area (Å²) in [4.78, 5) is 2.51. The molecule has 1 aromatic rings. The van der Waals surface area contributed by atoms with Crippen LogP contribution in [0.5, 0.6) is 0 Å². The standard InChI is InChI=1S/C15H28N4/c1-18(10-7-14-11-17-19(2)12-14)15(13-16)8-5-3-4-6-9-15/h11-12H,3-10,13,16H2,1-2H3. The van der Waals surface area contributed by atoms with Crippen LogP contribution in [0.4, 0.5) is 0 Å². The van der Waals surface area contributed by atoms with E-state index < -0.39 is 0 Å². The van der Waals surface area contributed by atoms with E-state index >= 15 is 0 Å². The summed E-state index contributed by atoms with van der Waals surface area (Å²) >= 11 is 0. The third-order valence-corrected chi connectivity index (χ3v) is 4.72. The molecule has 0 spiro atoms. The lowest BCUT2D eigenvalue weighted by molar-refractivity contribution is 0.109. The zero-order valence-corrected chi connectivity index (χ0v) is 12.4. The van der Waals surface area contributed by atoms with Crippen molar-refractivity contribution < 1.29 is 0 Å². The molecule has 2 N–H and O–H groups in total. The maximum atomic E-state index is 6.12. The second kappa shape index (κ2) is 6.53. The van der Waals surface area contributed by atoms with Gasteiger partial charge >= 0.3 is 0 Å². The third-order valence-electron chi connectivity index (χ3n) is 4.72. The number of rotatable bonds is 5. The SMILES string of the molecule is CN(CCc1cnn(C)c1)C1(CN)CCCCCC1. The highest BCUT2D eigenvalue weighted by Gasteiger charge is 2.33. The number of hydrogen-bond acceptors (Lipinski definition) is 3. The summed E-state index contributed by atoms with van der Waals surface area (Å²) in [6.07, 6.45) is 13.1. The van der Waals surface area contributed by atoms with Crippen molar-refractivity contribution in [1.82, 2.24) is 14.7 Å². The minimum Gasteiger partial charge on any atom is -0.329 e. The van der Waals surface area contributed by atoms with Gasteiger partial charge in [-0.2, -0.15) is 5.10 Å². The van der Waals surface area contributed by atoms with Crippen molar-refractivity contribution in [2.75, 3.05) is 20.1 Å². The van der Waals surface area contributed by atoms with Crippen LogP contribution in [0, 0.1) is 0 Å². The van der Waals surface area contributed by atoms with Gasteiger partial charge < -0.3 is 5.73 Å². The van der Waals surface area contributed by atoms with Gasteiger partial charge in [-0.05, 0) is 31.9 Å². The summed E-state index contributed by atoms with van der Waals surface area (Å²) in [5, 5.41) is 4.23. The Morgan fingerprint density at radius 3 is 2.53 bits per heavy atom. The molecule has 2 rings (SSSR count). The van der Waals surface area contributed by atoms with Crippen LogP contribution in [-0.2, 0) is 13.5 Å². The van der Waals surface area contributed by atoms with Gasteiger partial charge in [0.25, 0.3) is 0 Å². The van der Waals surface area contributed by atoms with E-state index in [4.69, 9.17) is 5.73 Å². The molecule has 1 aliphatic carbocycles. The van der Waals surface area contributed by atoms with Crippen LogP contribution in [0.15, 0.2) is 12.4 Å². The van der Waals surface area contributed by atoms with Crippen LogP contribution in [0.1, 0.15) is 44.1 Å². The molecule has 108 valence electrons. The minimum absolute atomic E-state index is 0.235. The van der Waals surface area contributed by atoms with Crippen molar-refractivity contribution in [3.8, 4) is 0 Å². The number of nitrogens with zero attached hydrogens (tertiary/aromatic N) is 3. The van der Waals surface area contributed by atoms with Gasteiger partial charge in [-0.25, -0.2) is 0 Å². The summed E-state index contributed by atoms with van der Waals surface area (Å²) < 4.78 is 1.87. The molecule has 0 aromatic carbocycles. The Labute approximate surface area is 117 Å². The van der Waals surface area contributed by atoms with Gasteiger partial charge in [0.2, 0.25) is 0 Å². The predicted molar refractivity (Wildman–Crippen MR) is 79.0 cm³/mol. The molecule has 0 amide bonds. The first-order valence-corrected chi connectivity index (χ1v) is 7.55. The topological polar surface area (TPSA) is 47.1 Å². The van der Waals surface area contributed by atoms with E-state index in [0.717, 1.165) is 19.5 Å². The maximum Gasteiger partial charge on any atom is 0.0522 e. The second-order valence-electron chi connectivity index (χ2n) is 6.04. The first kappa shape index (κ1) is 14.5.